The van der Waals surface area contributed by atoms with Crippen molar-refractivity contribution in [1.82, 2.24) is 5.32 Å². The highest BCUT2D eigenvalue weighted by Crippen LogP contribution is 2.19. The number of carbonyl (C=O) groups is 1. The van der Waals surface area contributed by atoms with Crippen LogP contribution in [0.5, 0.6) is 0 Å². The van der Waals surface area contributed by atoms with Crippen LogP contribution >= 0.6 is 0 Å². The summed E-state index contributed by atoms with van der Waals surface area (Å²) in [6, 6.07) is 8.36. The minimum atomic E-state index is -0.843. The number of benzene rings is 2. The molecule has 0 saturated carbocycles. The summed E-state index contributed by atoms with van der Waals surface area (Å²) < 4.78 is 26.5. The molecule has 0 aliphatic carbocycles. The fourth-order valence-electron chi connectivity index (χ4n) is 1.76. The van der Waals surface area contributed by atoms with Crippen LogP contribution in [0.25, 0.3) is 0 Å². The van der Waals surface area contributed by atoms with Gasteiger partial charge in [-0.15, -0.1) is 0 Å². The van der Waals surface area contributed by atoms with E-state index in [0.717, 1.165) is 18.2 Å². The predicted octanol–water partition coefficient (Wildman–Crippen LogP) is 2.80. The Morgan fingerprint density at radius 2 is 1.90 bits per heavy atom. The highest BCUT2D eigenvalue weighted by Gasteiger charge is 2.20. The number of hydrogen-bond acceptors (Lipinski definition) is 3. The molecule has 2 rings (SSSR count). The van der Waals surface area contributed by atoms with Crippen molar-refractivity contribution < 1.29 is 18.5 Å². The standard InChI is InChI=1S/C14H10F2N2O3/c15-10-5-6-13(18(20)21)11(7-10)14(19)17-8-9-3-1-2-4-12(9)16/h1-7H,8H2,(H,17,19). The lowest BCUT2D eigenvalue weighted by molar-refractivity contribution is -0.385. The summed E-state index contributed by atoms with van der Waals surface area (Å²) in [6.45, 7) is -0.154. The van der Waals surface area contributed by atoms with Gasteiger partial charge in [0.05, 0.1) is 4.92 Å². The minimum Gasteiger partial charge on any atom is -0.348 e. The molecule has 0 bridgehead atoms. The largest absolute Gasteiger partial charge is 0.348 e. The maximum Gasteiger partial charge on any atom is 0.282 e. The Morgan fingerprint density at radius 1 is 1.19 bits per heavy atom. The molecule has 2 aromatic rings. The van der Waals surface area contributed by atoms with Gasteiger partial charge in [0.2, 0.25) is 0 Å². The zero-order valence-electron chi connectivity index (χ0n) is 10.7. The van der Waals surface area contributed by atoms with Gasteiger partial charge < -0.3 is 5.32 Å². The molecule has 0 heterocycles. The maximum absolute atomic E-state index is 13.4. The molecule has 0 aliphatic rings. The van der Waals surface area contributed by atoms with E-state index in [4.69, 9.17) is 0 Å². The van der Waals surface area contributed by atoms with Gasteiger partial charge in [0.25, 0.3) is 11.6 Å². The van der Waals surface area contributed by atoms with Gasteiger partial charge in [-0.1, -0.05) is 18.2 Å². The summed E-state index contributed by atoms with van der Waals surface area (Å²) in [5.41, 5.74) is -0.691. The number of amides is 1. The van der Waals surface area contributed by atoms with Crippen LogP contribution in [-0.4, -0.2) is 10.8 Å². The summed E-state index contributed by atoms with van der Waals surface area (Å²) in [5, 5.41) is 13.1. The molecule has 7 heteroatoms. The highest BCUT2D eigenvalue weighted by atomic mass is 19.1. The van der Waals surface area contributed by atoms with Crippen LogP contribution in [0.2, 0.25) is 0 Å². The van der Waals surface area contributed by atoms with Gasteiger partial charge in [0.15, 0.2) is 0 Å². The van der Waals surface area contributed by atoms with Gasteiger partial charge in [-0.05, 0) is 18.2 Å². The lowest BCUT2D eigenvalue weighted by atomic mass is 10.1. The predicted molar refractivity (Wildman–Crippen MR) is 70.6 cm³/mol. The van der Waals surface area contributed by atoms with E-state index in [-0.39, 0.29) is 12.1 Å². The van der Waals surface area contributed by atoms with E-state index in [1.807, 2.05) is 0 Å². The first-order chi connectivity index (χ1) is 9.99. The van der Waals surface area contributed by atoms with Crippen LogP contribution in [0.15, 0.2) is 42.5 Å². The van der Waals surface area contributed by atoms with Crippen molar-refractivity contribution in [3.8, 4) is 0 Å². The zero-order valence-corrected chi connectivity index (χ0v) is 10.7. The van der Waals surface area contributed by atoms with E-state index in [9.17, 15) is 23.7 Å². The van der Waals surface area contributed by atoms with E-state index in [2.05, 4.69) is 5.32 Å². The van der Waals surface area contributed by atoms with Gasteiger partial charge in [-0.25, -0.2) is 8.78 Å². The second kappa shape index (κ2) is 6.08. The molecule has 0 radical (unpaired) electrons. The summed E-state index contributed by atoms with van der Waals surface area (Å²) in [5.74, 6) is -2.12. The second-order valence-corrected chi connectivity index (χ2v) is 4.19. The molecule has 108 valence electrons. The zero-order chi connectivity index (χ0) is 15.4. The summed E-state index contributed by atoms with van der Waals surface area (Å²) >= 11 is 0. The van der Waals surface area contributed by atoms with E-state index in [0.29, 0.717) is 0 Å². The van der Waals surface area contributed by atoms with Crippen LogP contribution in [0.4, 0.5) is 14.5 Å². The Morgan fingerprint density at radius 3 is 2.57 bits per heavy atom. The molecular weight excluding hydrogens is 282 g/mol. The molecule has 0 aliphatic heterocycles. The van der Waals surface area contributed by atoms with Crippen molar-refractivity contribution in [2.75, 3.05) is 0 Å². The number of nitro groups is 1. The maximum atomic E-state index is 13.4. The monoisotopic (exact) mass is 292 g/mol. The van der Waals surface area contributed by atoms with Gasteiger partial charge in [0.1, 0.15) is 17.2 Å². The Kier molecular flexibility index (Phi) is 4.22. The van der Waals surface area contributed by atoms with Gasteiger partial charge >= 0.3 is 0 Å². The first-order valence-electron chi connectivity index (χ1n) is 5.94. The lowest BCUT2D eigenvalue weighted by Crippen LogP contribution is -2.24. The number of nitrogens with one attached hydrogen (secondary N) is 1. The first-order valence-corrected chi connectivity index (χ1v) is 5.94. The van der Waals surface area contributed by atoms with Crippen LogP contribution in [0, 0.1) is 21.7 Å². The molecule has 0 atom stereocenters. The number of halogens is 2. The molecule has 0 unspecified atom stereocenters. The van der Waals surface area contributed by atoms with Gasteiger partial charge in [-0.2, -0.15) is 0 Å². The van der Waals surface area contributed by atoms with E-state index < -0.39 is 33.7 Å². The number of rotatable bonds is 4. The first kappa shape index (κ1) is 14.6. The Hall–Kier alpha value is -2.83. The minimum absolute atomic E-state index is 0.154. The average Bonchev–Trinajstić information content (AvgIpc) is 2.45. The molecule has 0 aromatic heterocycles. The van der Waals surface area contributed by atoms with E-state index in [1.54, 1.807) is 6.07 Å². The SMILES string of the molecule is O=C(NCc1ccccc1F)c1cc(F)ccc1[N+](=O)[O-]. The van der Waals surface area contributed by atoms with E-state index in [1.165, 1.54) is 18.2 Å². The number of nitro benzene ring substituents is 1. The van der Waals surface area contributed by atoms with E-state index >= 15 is 0 Å². The Labute approximate surface area is 118 Å². The number of hydrogen-bond donors (Lipinski definition) is 1. The summed E-state index contributed by atoms with van der Waals surface area (Å²) in [6.07, 6.45) is 0. The van der Waals surface area contributed by atoms with Crippen LogP contribution in [-0.2, 0) is 6.54 Å². The third-order valence-electron chi connectivity index (χ3n) is 2.80. The van der Waals surface area contributed by atoms with Crippen LogP contribution < -0.4 is 5.32 Å². The topological polar surface area (TPSA) is 72.2 Å². The molecular formula is C14H10F2N2O3. The molecule has 1 N–H and O–H groups in total. The molecule has 0 saturated heterocycles. The average molecular weight is 292 g/mol. The quantitative estimate of drug-likeness (QED) is 0.695. The van der Waals surface area contributed by atoms with Crippen molar-refractivity contribution in [3.05, 3.63) is 75.3 Å². The van der Waals surface area contributed by atoms with Crippen LogP contribution in [0.1, 0.15) is 15.9 Å². The van der Waals surface area contributed by atoms with Gasteiger partial charge in [-0.3, -0.25) is 14.9 Å². The normalized spacial score (nSPS) is 10.2. The smallest absolute Gasteiger partial charge is 0.282 e. The Balaban J connectivity index is 2.19. The number of carbonyl (C=O) groups excluding carboxylic acids is 1. The molecule has 5 nitrogen and oxygen atoms in total. The van der Waals surface area contributed by atoms with Crippen molar-refractivity contribution >= 4 is 11.6 Å². The highest BCUT2D eigenvalue weighted by molar-refractivity contribution is 5.98. The Bertz CT molecular complexity index is 704. The van der Waals surface area contributed by atoms with Crippen molar-refractivity contribution in [2.45, 2.75) is 6.54 Å². The molecule has 0 spiro atoms. The molecule has 2 aromatic carbocycles. The fraction of sp³-hybridized carbons (Fsp3) is 0.0714. The third kappa shape index (κ3) is 3.38. The lowest BCUT2D eigenvalue weighted by Gasteiger charge is -2.07. The van der Waals surface area contributed by atoms with Crippen molar-refractivity contribution in [3.63, 3.8) is 0 Å². The van der Waals surface area contributed by atoms with Gasteiger partial charge in [0, 0.05) is 18.2 Å². The van der Waals surface area contributed by atoms with Crippen molar-refractivity contribution in [1.29, 1.82) is 0 Å². The molecule has 0 fully saturated rings. The molecule has 21 heavy (non-hydrogen) atoms. The third-order valence-corrected chi connectivity index (χ3v) is 2.80. The second-order valence-electron chi connectivity index (χ2n) is 4.19. The fourth-order valence-corrected chi connectivity index (χ4v) is 1.76. The van der Waals surface area contributed by atoms with Crippen molar-refractivity contribution in [2.24, 2.45) is 0 Å². The summed E-state index contributed by atoms with van der Waals surface area (Å²) in [7, 11) is 0. The summed E-state index contributed by atoms with van der Waals surface area (Å²) in [4.78, 5) is 21.9. The molecule has 1 amide bonds. The number of nitrogens with zero attached hydrogens (tertiary/aromatic N) is 1. The van der Waals surface area contributed by atoms with Crippen LogP contribution in [0.3, 0.4) is 0 Å².